The summed E-state index contributed by atoms with van der Waals surface area (Å²) in [7, 11) is 0. The lowest BCUT2D eigenvalue weighted by Crippen LogP contribution is -2.13. The van der Waals surface area contributed by atoms with Crippen LogP contribution in [0.2, 0.25) is 5.02 Å². The number of halogens is 2. The summed E-state index contributed by atoms with van der Waals surface area (Å²) in [5.74, 6) is -2.00. The van der Waals surface area contributed by atoms with Gasteiger partial charge in [-0.15, -0.1) is 0 Å². The second-order valence-electron chi connectivity index (χ2n) is 2.40. The first-order valence-electron chi connectivity index (χ1n) is 3.36. The molecule has 0 aliphatic carbocycles. The molecule has 2 N–H and O–H groups in total. The number of nitrogens with two attached hydrogens (primary N) is 1. The third kappa shape index (κ3) is 1.80. The van der Waals surface area contributed by atoms with Crippen LogP contribution >= 0.6 is 11.6 Å². The largest absolute Gasteiger partial charge is 0.365 e. The number of nitro benzene ring substituents is 1. The average Bonchev–Trinajstić information content (AvgIpc) is 2.08. The molecule has 14 heavy (non-hydrogen) atoms. The molecule has 1 aromatic rings. The number of carbonyl (C=O) groups is 1. The summed E-state index contributed by atoms with van der Waals surface area (Å²) in [5.41, 5.74) is 3.71. The Morgan fingerprint density at radius 1 is 1.57 bits per heavy atom. The van der Waals surface area contributed by atoms with E-state index < -0.39 is 32.9 Å². The first-order valence-corrected chi connectivity index (χ1v) is 3.74. The molecule has 74 valence electrons. The van der Waals surface area contributed by atoms with E-state index >= 15 is 0 Å². The minimum Gasteiger partial charge on any atom is -0.365 e. The van der Waals surface area contributed by atoms with Gasteiger partial charge in [-0.2, -0.15) is 0 Å². The first-order chi connectivity index (χ1) is 6.43. The number of nitrogens with zero attached hydrogens (tertiary/aromatic N) is 1. The predicted octanol–water partition coefficient (Wildman–Crippen LogP) is 1.49. The topological polar surface area (TPSA) is 86.2 Å². The first kappa shape index (κ1) is 10.4. The monoisotopic (exact) mass is 218 g/mol. The fraction of sp³-hybridized carbons (Fsp3) is 0. The molecule has 0 saturated heterocycles. The molecule has 0 heterocycles. The van der Waals surface area contributed by atoms with Gasteiger partial charge in [-0.05, 0) is 6.07 Å². The van der Waals surface area contributed by atoms with Gasteiger partial charge >= 0.3 is 0 Å². The summed E-state index contributed by atoms with van der Waals surface area (Å²) in [6.07, 6.45) is 0. The molecular formula is C7H4ClFN2O3. The van der Waals surface area contributed by atoms with E-state index in [2.05, 4.69) is 0 Å². The molecule has 0 spiro atoms. The van der Waals surface area contributed by atoms with Crippen LogP contribution in [-0.2, 0) is 0 Å². The van der Waals surface area contributed by atoms with Gasteiger partial charge in [0.05, 0.1) is 9.95 Å². The van der Waals surface area contributed by atoms with Crippen molar-refractivity contribution in [3.8, 4) is 0 Å². The molecule has 5 nitrogen and oxygen atoms in total. The zero-order valence-electron chi connectivity index (χ0n) is 6.66. The van der Waals surface area contributed by atoms with Crippen LogP contribution in [0, 0.1) is 15.9 Å². The van der Waals surface area contributed by atoms with Crippen molar-refractivity contribution in [1.82, 2.24) is 0 Å². The molecule has 0 aliphatic heterocycles. The number of nitro groups is 1. The number of rotatable bonds is 2. The van der Waals surface area contributed by atoms with E-state index in [1.54, 1.807) is 0 Å². The summed E-state index contributed by atoms with van der Waals surface area (Å²) in [4.78, 5) is 20.2. The Hall–Kier alpha value is -1.69. The van der Waals surface area contributed by atoms with E-state index in [-0.39, 0.29) is 0 Å². The molecule has 0 fully saturated rings. The maximum absolute atomic E-state index is 12.8. The van der Waals surface area contributed by atoms with Crippen molar-refractivity contribution in [1.29, 1.82) is 0 Å². The second kappa shape index (κ2) is 3.59. The minimum absolute atomic E-state index is 0.429. The van der Waals surface area contributed by atoms with Crippen molar-refractivity contribution in [2.75, 3.05) is 0 Å². The highest BCUT2D eigenvalue weighted by molar-refractivity contribution is 6.31. The number of carbonyl (C=O) groups excluding carboxylic acids is 1. The Bertz CT molecular complexity index is 383. The molecular weight excluding hydrogens is 215 g/mol. The Labute approximate surface area is 82.4 Å². The fourth-order valence-corrected chi connectivity index (χ4v) is 1.04. The van der Waals surface area contributed by atoms with Crippen LogP contribution in [0.15, 0.2) is 12.1 Å². The highest BCUT2D eigenvalue weighted by Gasteiger charge is 2.21. The highest BCUT2D eigenvalue weighted by atomic mass is 35.5. The summed E-state index contributed by atoms with van der Waals surface area (Å²) in [6.45, 7) is 0. The van der Waals surface area contributed by atoms with Gasteiger partial charge in [0, 0.05) is 6.07 Å². The van der Waals surface area contributed by atoms with E-state index in [1.165, 1.54) is 0 Å². The maximum Gasteiger partial charge on any atom is 0.283 e. The van der Waals surface area contributed by atoms with Crippen molar-refractivity contribution in [3.05, 3.63) is 38.7 Å². The zero-order valence-corrected chi connectivity index (χ0v) is 7.42. The summed E-state index contributed by atoms with van der Waals surface area (Å²) in [5, 5.41) is 9.98. The zero-order chi connectivity index (χ0) is 10.9. The van der Waals surface area contributed by atoms with E-state index in [0.29, 0.717) is 6.07 Å². The van der Waals surface area contributed by atoms with E-state index in [0.717, 1.165) is 6.07 Å². The van der Waals surface area contributed by atoms with E-state index in [1.807, 2.05) is 0 Å². The Balaban J connectivity index is 3.46. The van der Waals surface area contributed by atoms with Crippen LogP contribution in [0.1, 0.15) is 10.4 Å². The minimum atomic E-state index is -1.08. The van der Waals surface area contributed by atoms with Crippen molar-refractivity contribution in [3.63, 3.8) is 0 Å². The number of hydrogen-bond acceptors (Lipinski definition) is 3. The molecule has 1 amide bonds. The molecule has 0 aromatic heterocycles. The van der Waals surface area contributed by atoms with Crippen molar-refractivity contribution >= 4 is 23.2 Å². The molecule has 7 heteroatoms. The SMILES string of the molecule is NC(=O)c1cc(F)c(Cl)cc1[N+](=O)[O-]. The molecule has 0 saturated carbocycles. The van der Waals surface area contributed by atoms with Gasteiger partial charge in [-0.25, -0.2) is 4.39 Å². The molecule has 0 bridgehead atoms. The van der Waals surface area contributed by atoms with Crippen LogP contribution in [0.3, 0.4) is 0 Å². The molecule has 0 unspecified atom stereocenters. The Morgan fingerprint density at radius 3 is 2.57 bits per heavy atom. The number of hydrogen-bond donors (Lipinski definition) is 1. The third-order valence-corrected chi connectivity index (χ3v) is 1.79. The predicted molar refractivity (Wildman–Crippen MR) is 46.6 cm³/mol. The maximum atomic E-state index is 12.8. The van der Waals surface area contributed by atoms with Crippen molar-refractivity contribution < 1.29 is 14.1 Å². The lowest BCUT2D eigenvalue weighted by atomic mass is 10.1. The smallest absolute Gasteiger partial charge is 0.283 e. The highest BCUT2D eigenvalue weighted by Crippen LogP contribution is 2.25. The molecule has 0 radical (unpaired) electrons. The quantitative estimate of drug-likeness (QED) is 0.603. The van der Waals surface area contributed by atoms with E-state index in [4.69, 9.17) is 17.3 Å². The van der Waals surface area contributed by atoms with Gasteiger partial charge in [0.15, 0.2) is 0 Å². The normalized spacial score (nSPS) is 9.86. The Kier molecular flexibility index (Phi) is 2.66. The van der Waals surface area contributed by atoms with Crippen LogP contribution in [-0.4, -0.2) is 10.8 Å². The summed E-state index contributed by atoms with van der Waals surface area (Å²) in [6, 6.07) is 1.39. The lowest BCUT2D eigenvalue weighted by Gasteiger charge is -1.99. The van der Waals surface area contributed by atoms with Gasteiger partial charge < -0.3 is 5.73 Å². The molecule has 0 aliphatic rings. The molecule has 0 atom stereocenters. The van der Waals surface area contributed by atoms with Crippen LogP contribution < -0.4 is 5.73 Å². The molecule has 1 aromatic carbocycles. The van der Waals surface area contributed by atoms with Crippen LogP contribution in [0.25, 0.3) is 0 Å². The third-order valence-electron chi connectivity index (χ3n) is 1.50. The number of benzene rings is 1. The summed E-state index contributed by atoms with van der Waals surface area (Å²) < 4.78 is 12.8. The van der Waals surface area contributed by atoms with Gasteiger partial charge in [0.1, 0.15) is 11.4 Å². The number of amides is 1. The standard InChI is InChI=1S/C7H4ClFN2O3/c8-4-2-6(11(13)14)3(7(10)12)1-5(4)9/h1-2H,(H2,10,12). The van der Waals surface area contributed by atoms with Gasteiger partial charge in [0.25, 0.3) is 11.6 Å². The fourth-order valence-electron chi connectivity index (χ4n) is 0.885. The van der Waals surface area contributed by atoms with Crippen molar-refractivity contribution in [2.24, 2.45) is 5.73 Å². The van der Waals surface area contributed by atoms with Crippen LogP contribution in [0.5, 0.6) is 0 Å². The van der Waals surface area contributed by atoms with Gasteiger partial charge in [0.2, 0.25) is 0 Å². The van der Waals surface area contributed by atoms with Crippen LogP contribution in [0.4, 0.5) is 10.1 Å². The second-order valence-corrected chi connectivity index (χ2v) is 2.81. The van der Waals surface area contributed by atoms with E-state index in [9.17, 15) is 19.3 Å². The van der Waals surface area contributed by atoms with Crippen molar-refractivity contribution in [2.45, 2.75) is 0 Å². The molecule has 1 rings (SSSR count). The average molecular weight is 219 g/mol. The summed E-state index contributed by atoms with van der Waals surface area (Å²) >= 11 is 5.30. The van der Waals surface area contributed by atoms with Gasteiger partial charge in [-0.3, -0.25) is 14.9 Å². The van der Waals surface area contributed by atoms with Gasteiger partial charge in [-0.1, -0.05) is 11.6 Å². The number of primary amides is 1. The Morgan fingerprint density at radius 2 is 2.14 bits per heavy atom. The lowest BCUT2D eigenvalue weighted by molar-refractivity contribution is -0.385.